The number of aromatic nitrogens is 1. The Balaban J connectivity index is 2.03. The molecule has 7 heteroatoms. The van der Waals surface area contributed by atoms with Crippen LogP contribution >= 0.6 is 31.9 Å². The van der Waals surface area contributed by atoms with Gasteiger partial charge in [-0.15, -0.1) is 0 Å². The number of pyridine rings is 1. The summed E-state index contributed by atoms with van der Waals surface area (Å²) in [5.41, 5.74) is 0.0232. The first-order valence-electron chi connectivity index (χ1n) is 8.93. The van der Waals surface area contributed by atoms with Crippen LogP contribution in [0.25, 0.3) is 0 Å². The van der Waals surface area contributed by atoms with Crippen molar-refractivity contribution in [2.75, 3.05) is 13.1 Å². The highest BCUT2D eigenvalue weighted by Gasteiger charge is 2.34. The van der Waals surface area contributed by atoms with Crippen molar-refractivity contribution in [3.8, 4) is 0 Å². The van der Waals surface area contributed by atoms with Crippen molar-refractivity contribution in [2.24, 2.45) is 0 Å². The van der Waals surface area contributed by atoms with Crippen molar-refractivity contribution in [3.05, 3.63) is 67.5 Å². The third-order valence-corrected chi connectivity index (χ3v) is 5.71. The number of nitrogens with zero attached hydrogens (tertiary/aromatic N) is 2. The number of hydrogen-bond donors (Lipinski definition) is 0. The lowest BCUT2D eigenvalue weighted by Gasteiger charge is -2.26. The summed E-state index contributed by atoms with van der Waals surface area (Å²) >= 11 is 6.69. The van der Waals surface area contributed by atoms with E-state index in [1.54, 1.807) is 35.2 Å². The minimum absolute atomic E-state index is 0.315. The zero-order valence-corrected chi connectivity index (χ0v) is 17.9. The third-order valence-electron chi connectivity index (χ3n) is 4.71. The van der Waals surface area contributed by atoms with Crippen molar-refractivity contribution >= 4 is 43.6 Å². The van der Waals surface area contributed by atoms with Crippen LogP contribution in [0.1, 0.15) is 42.1 Å². The standard InChI is InChI=1S/C20H20Br2N2O3/c21-15-7-5-14(6-8-15)19(26)18(24-13-16(22)9-10-17(24)25)20(27)23-11-3-1-2-4-12-23/h5-10,13,18H,1-4,11-12H2. The molecule has 1 amide bonds. The molecule has 5 nitrogen and oxygen atoms in total. The van der Waals surface area contributed by atoms with Gasteiger partial charge in [0.2, 0.25) is 0 Å². The van der Waals surface area contributed by atoms with Crippen LogP contribution in [0.4, 0.5) is 0 Å². The van der Waals surface area contributed by atoms with Gasteiger partial charge in [-0.1, -0.05) is 40.9 Å². The van der Waals surface area contributed by atoms with Gasteiger partial charge in [-0.2, -0.15) is 0 Å². The minimum atomic E-state index is -1.20. The first-order valence-corrected chi connectivity index (χ1v) is 10.5. The maximum atomic E-state index is 13.3. The zero-order chi connectivity index (χ0) is 19.4. The summed E-state index contributed by atoms with van der Waals surface area (Å²) in [5, 5.41) is 0. The van der Waals surface area contributed by atoms with E-state index in [0.717, 1.165) is 30.2 Å². The Labute approximate surface area is 174 Å². The van der Waals surface area contributed by atoms with Gasteiger partial charge in [0.25, 0.3) is 11.5 Å². The number of likely N-dealkylation sites (tertiary alicyclic amines) is 1. The molecule has 1 unspecified atom stereocenters. The van der Waals surface area contributed by atoms with E-state index >= 15 is 0 Å². The molecule has 0 bridgehead atoms. The van der Waals surface area contributed by atoms with E-state index in [-0.39, 0.29) is 17.2 Å². The van der Waals surface area contributed by atoms with Crippen molar-refractivity contribution in [3.63, 3.8) is 0 Å². The van der Waals surface area contributed by atoms with Crippen molar-refractivity contribution in [2.45, 2.75) is 31.7 Å². The molecule has 0 radical (unpaired) electrons. The normalized spacial score (nSPS) is 15.9. The number of rotatable bonds is 4. The Morgan fingerprint density at radius 3 is 2.07 bits per heavy atom. The molecule has 1 aromatic heterocycles. The second-order valence-corrected chi connectivity index (χ2v) is 8.44. The monoisotopic (exact) mass is 494 g/mol. The van der Waals surface area contributed by atoms with Crippen LogP contribution < -0.4 is 5.56 Å². The molecule has 27 heavy (non-hydrogen) atoms. The fourth-order valence-electron chi connectivity index (χ4n) is 3.27. The smallest absolute Gasteiger partial charge is 0.253 e. The zero-order valence-electron chi connectivity index (χ0n) is 14.7. The Bertz CT molecular complexity index is 885. The van der Waals surface area contributed by atoms with E-state index in [0.29, 0.717) is 23.1 Å². The molecule has 1 fully saturated rings. The highest BCUT2D eigenvalue weighted by atomic mass is 79.9. The number of carbonyl (C=O) groups excluding carboxylic acids is 2. The van der Waals surface area contributed by atoms with Gasteiger partial charge in [-0.3, -0.25) is 19.0 Å². The summed E-state index contributed by atoms with van der Waals surface area (Å²) in [6.45, 7) is 1.23. The van der Waals surface area contributed by atoms with Crippen LogP contribution in [0.5, 0.6) is 0 Å². The summed E-state index contributed by atoms with van der Waals surface area (Å²) in [4.78, 5) is 40.8. The molecule has 3 rings (SSSR count). The van der Waals surface area contributed by atoms with Gasteiger partial charge < -0.3 is 4.90 Å². The summed E-state index contributed by atoms with van der Waals surface area (Å²) < 4.78 is 2.72. The van der Waals surface area contributed by atoms with Gasteiger partial charge in [0.1, 0.15) is 0 Å². The fraction of sp³-hybridized carbons (Fsp3) is 0.350. The number of ketones is 1. The molecule has 1 aliphatic rings. The molecule has 0 spiro atoms. The number of halogens is 2. The molecular formula is C20H20Br2N2O3. The molecule has 2 aromatic rings. The first kappa shape index (κ1) is 20.0. The molecule has 0 N–H and O–H groups in total. The second-order valence-electron chi connectivity index (χ2n) is 6.61. The Morgan fingerprint density at radius 2 is 1.44 bits per heavy atom. The predicted octanol–water partition coefficient (Wildman–Crippen LogP) is 4.20. The summed E-state index contributed by atoms with van der Waals surface area (Å²) in [7, 11) is 0. The van der Waals surface area contributed by atoms with Crippen LogP contribution in [0, 0.1) is 0 Å². The number of amides is 1. The fourth-order valence-corrected chi connectivity index (χ4v) is 3.89. The van der Waals surface area contributed by atoms with Gasteiger partial charge in [0.05, 0.1) is 0 Å². The van der Waals surface area contributed by atoms with E-state index in [9.17, 15) is 14.4 Å². The summed E-state index contributed by atoms with van der Waals surface area (Å²) in [6, 6.07) is 8.61. The molecular weight excluding hydrogens is 476 g/mol. The van der Waals surface area contributed by atoms with Gasteiger partial charge >= 0.3 is 0 Å². The molecule has 1 aliphatic heterocycles. The topological polar surface area (TPSA) is 59.4 Å². The van der Waals surface area contributed by atoms with Crippen molar-refractivity contribution in [1.82, 2.24) is 9.47 Å². The lowest BCUT2D eigenvalue weighted by atomic mass is 10.0. The highest BCUT2D eigenvalue weighted by Crippen LogP contribution is 2.22. The van der Waals surface area contributed by atoms with Crippen molar-refractivity contribution < 1.29 is 9.59 Å². The van der Waals surface area contributed by atoms with Crippen LogP contribution in [0.3, 0.4) is 0 Å². The van der Waals surface area contributed by atoms with E-state index in [2.05, 4.69) is 31.9 Å². The molecule has 2 heterocycles. The van der Waals surface area contributed by atoms with Gasteiger partial charge in [0, 0.05) is 39.9 Å². The Hall–Kier alpha value is -1.73. The molecule has 0 aliphatic carbocycles. The van der Waals surface area contributed by atoms with Crippen LogP contribution in [-0.2, 0) is 4.79 Å². The first-order chi connectivity index (χ1) is 13.0. The van der Waals surface area contributed by atoms with E-state index in [1.807, 2.05) is 0 Å². The maximum absolute atomic E-state index is 13.3. The Morgan fingerprint density at radius 1 is 0.852 bits per heavy atom. The molecule has 142 valence electrons. The van der Waals surface area contributed by atoms with Crippen LogP contribution in [0.15, 0.2) is 56.3 Å². The van der Waals surface area contributed by atoms with E-state index < -0.39 is 6.04 Å². The van der Waals surface area contributed by atoms with Gasteiger partial charge in [-0.25, -0.2) is 0 Å². The average Bonchev–Trinajstić information content (AvgIpc) is 2.94. The number of benzene rings is 1. The highest BCUT2D eigenvalue weighted by molar-refractivity contribution is 9.10. The largest absolute Gasteiger partial charge is 0.340 e. The minimum Gasteiger partial charge on any atom is -0.340 e. The number of hydrogen-bond acceptors (Lipinski definition) is 3. The second kappa shape index (κ2) is 8.97. The quantitative estimate of drug-likeness (QED) is 0.471. The lowest BCUT2D eigenvalue weighted by molar-refractivity contribution is -0.133. The average molecular weight is 496 g/mol. The summed E-state index contributed by atoms with van der Waals surface area (Å²) in [5.74, 6) is -0.693. The molecule has 0 saturated carbocycles. The molecule has 1 saturated heterocycles. The molecule has 1 atom stereocenters. The summed E-state index contributed by atoms with van der Waals surface area (Å²) in [6.07, 6.45) is 5.49. The van der Waals surface area contributed by atoms with E-state index in [4.69, 9.17) is 0 Å². The SMILES string of the molecule is O=C(c1ccc(Br)cc1)C(C(=O)N1CCCCCC1)n1cc(Br)ccc1=O. The Kier molecular flexibility index (Phi) is 6.65. The number of carbonyl (C=O) groups is 2. The van der Waals surface area contributed by atoms with Gasteiger partial charge in [-0.05, 0) is 47.0 Å². The van der Waals surface area contributed by atoms with Crippen LogP contribution in [0.2, 0.25) is 0 Å². The molecule has 1 aromatic carbocycles. The van der Waals surface area contributed by atoms with Crippen LogP contribution in [-0.4, -0.2) is 34.2 Å². The van der Waals surface area contributed by atoms with Gasteiger partial charge in [0.15, 0.2) is 11.8 Å². The predicted molar refractivity (Wildman–Crippen MR) is 111 cm³/mol. The lowest BCUT2D eigenvalue weighted by Crippen LogP contribution is -2.44. The van der Waals surface area contributed by atoms with E-state index in [1.165, 1.54) is 16.8 Å². The van der Waals surface area contributed by atoms with Crippen molar-refractivity contribution in [1.29, 1.82) is 0 Å². The third kappa shape index (κ3) is 4.76. The number of Topliss-reactive ketones (excluding diaryl/α,β-unsaturated/α-hetero) is 1. The maximum Gasteiger partial charge on any atom is 0.253 e.